The number of hydroxylamine groups is 1. The molecule has 25 heavy (non-hydrogen) atoms. The minimum Gasteiger partial charge on any atom is -0.312 e. The number of aliphatic imine (C=N–C) groups is 2. The van der Waals surface area contributed by atoms with Gasteiger partial charge in [0.25, 0.3) is 0 Å². The van der Waals surface area contributed by atoms with Gasteiger partial charge in [-0.25, -0.2) is 14.0 Å². The third-order valence-electron chi connectivity index (χ3n) is 2.98. The molecule has 130 valence electrons. The number of benzene rings is 1. The van der Waals surface area contributed by atoms with Crippen molar-refractivity contribution in [3.05, 3.63) is 34.2 Å². The normalized spacial score (nSPS) is 14.4. The van der Waals surface area contributed by atoms with Crippen LogP contribution in [0.1, 0.15) is 5.69 Å². The van der Waals surface area contributed by atoms with Crippen LogP contribution in [0.25, 0.3) is 0 Å². The van der Waals surface area contributed by atoms with E-state index in [1.54, 1.807) is 0 Å². The van der Waals surface area contributed by atoms with Gasteiger partial charge in [0.15, 0.2) is 16.6 Å². The van der Waals surface area contributed by atoms with Crippen LogP contribution in [0.3, 0.4) is 0 Å². The average Bonchev–Trinajstić information content (AvgIpc) is 3.22. The zero-order chi connectivity index (χ0) is 17.8. The van der Waals surface area contributed by atoms with Crippen molar-refractivity contribution in [3.63, 3.8) is 0 Å². The summed E-state index contributed by atoms with van der Waals surface area (Å²) in [5.41, 5.74) is 2.46. The van der Waals surface area contributed by atoms with Crippen LogP contribution in [0, 0.1) is 5.82 Å². The number of rotatable bonds is 5. The summed E-state index contributed by atoms with van der Waals surface area (Å²) in [5, 5.41) is 19.8. The number of carbonyl (C=O) groups excluding carboxylic acids is 1. The van der Waals surface area contributed by atoms with E-state index < -0.39 is 5.82 Å². The van der Waals surface area contributed by atoms with Gasteiger partial charge in [0, 0.05) is 0 Å². The molecule has 0 bridgehead atoms. The number of carbonyl (C=O) groups is 1. The minimum absolute atomic E-state index is 0.0281. The topological polar surface area (TPSA) is 125 Å². The first-order chi connectivity index (χ1) is 12.1. The van der Waals surface area contributed by atoms with Gasteiger partial charge in [0.1, 0.15) is 18.2 Å². The van der Waals surface area contributed by atoms with E-state index in [2.05, 4.69) is 41.5 Å². The monoisotopic (exact) mass is 428 g/mol. The zero-order valence-electron chi connectivity index (χ0n) is 12.4. The first-order valence-electron chi connectivity index (χ1n) is 6.79. The van der Waals surface area contributed by atoms with Crippen LogP contribution >= 0.6 is 27.7 Å². The Hall–Kier alpha value is -2.31. The summed E-state index contributed by atoms with van der Waals surface area (Å²) in [6.45, 7) is 0.101. The Kier molecular flexibility index (Phi) is 5.40. The molecule has 2 aromatic rings. The Labute approximate surface area is 152 Å². The van der Waals surface area contributed by atoms with Crippen LogP contribution < -0.4 is 10.8 Å². The van der Waals surface area contributed by atoms with E-state index in [9.17, 15) is 14.4 Å². The standard InChI is InChI=1S/C13H10BrFN6O3S/c14-7-3-6(1-2-8(7)15)17-12(19-23)11-13(21-24-20-11)25-5-9-16-4-10(22)18-9/h1-3,23H,4-5H2,(H,17,19)(H,16,18,22). The molecule has 0 unspecified atom stereocenters. The van der Waals surface area contributed by atoms with Crippen molar-refractivity contribution < 1.29 is 19.0 Å². The maximum atomic E-state index is 13.3. The highest BCUT2D eigenvalue weighted by molar-refractivity contribution is 9.10. The number of hydrogen-bond donors (Lipinski definition) is 3. The minimum atomic E-state index is -0.434. The second kappa shape index (κ2) is 7.72. The maximum absolute atomic E-state index is 13.3. The van der Waals surface area contributed by atoms with Gasteiger partial charge < -0.3 is 5.32 Å². The SMILES string of the molecule is O=C1CN=C(CSc2nonc2C(=Nc2ccc(F)c(Br)c2)NO)N1. The fourth-order valence-corrected chi connectivity index (χ4v) is 3.02. The molecule has 12 heteroatoms. The highest BCUT2D eigenvalue weighted by atomic mass is 79.9. The van der Waals surface area contributed by atoms with E-state index in [4.69, 9.17) is 4.63 Å². The summed E-state index contributed by atoms with van der Waals surface area (Å²) in [6.07, 6.45) is 0. The molecule has 0 saturated heterocycles. The summed E-state index contributed by atoms with van der Waals surface area (Å²) in [5.74, 6) is 0.223. The summed E-state index contributed by atoms with van der Waals surface area (Å²) < 4.78 is 18.2. The lowest BCUT2D eigenvalue weighted by atomic mass is 10.3. The van der Waals surface area contributed by atoms with E-state index in [-0.39, 0.29) is 28.5 Å². The van der Waals surface area contributed by atoms with Crippen LogP contribution in [0.15, 0.2) is 42.3 Å². The molecule has 2 heterocycles. The van der Waals surface area contributed by atoms with Crippen LogP contribution in [0.2, 0.25) is 0 Å². The Bertz CT molecular complexity index is 871. The molecule has 9 nitrogen and oxygen atoms in total. The van der Waals surface area contributed by atoms with E-state index >= 15 is 0 Å². The molecular weight excluding hydrogens is 419 g/mol. The van der Waals surface area contributed by atoms with Crippen LogP contribution in [0.4, 0.5) is 10.1 Å². The third-order valence-corrected chi connectivity index (χ3v) is 4.54. The lowest BCUT2D eigenvalue weighted by Crippen LogP contribution is -2.26. The molecule has 1 aromatic heterocycles. The fourth-order valence-electron chi connectivity index (χ4n) is 1.86. The average molecular weight is 429 g/mol. The van der Waals surface area contributed by atoms with Gasteiger partial charge in [-0.05, 0) is 44.4 Å². The van der Waals surface area contributed by atoms with Gasteiger partial charge in [0.2, 0.25) is 5.91 Å². The third kappa shape index (κ3) is 4.21. The first-order valence-corrected chi connectivity index (χ1v) is 8.57. The van der Waals surface area contributed by atoms with Gasteiger partial charge in [-0.3, -0.25) is 20.5 Å². The van der Waals surface area contributed by atoms with Crippen molar-refractivity contribution in [1.29, 1.82) is 0 Å². The second-order valence-corrected chi connectivity index (χ2v) is 6.51. The zero-order valence-corrected chi connectivity index (χ0v) is 14.8. The summed E-state index contributed by atoms with van der Waals surface area (Å²) >= 11 is 4.26. The number of thioether (sulfide) groups is 1. The quantitative estimate of drug-likeness (QED) is 0.286. The molecule has 1 amide bonds. The number of amides is 1. The predicted octanol–water partition coefficient (Wildman–Crippen LogP) is 1.65. The molecule has 1 aliphatic heterocycles. The van der Waals surface area contributed by atoms with Crippen molar-refractivity contribution in [2.75, 3.05) is 12.3 Å². The number of aromatic nitrogens is 2. The molecule has 3 rings (SSSR count). The molecule has 0 radical (unpaired) electrons. The molecular formula is C13H10BrFN6O3S. The predicted molar refractivity (Wildman–Crippen MR) is 90.7 cm³/mol. The van der Waals surface area contributed by atoms with E-state index in [1.807, 2.05) is 5.48 Å². The number of nitrogens with one attached hydrogen (secondary N) is 2. The summed E-state index contributed by atoms with van der Waals surface area (Å²) in [6, 6.07) is 4.10. The van der Waals surface area contributed by atoms with Crippen LogP contribution in [0.5, 0.6) is 0 Å². The smallest absolute Gasteiger partial charge is 0.247 e. The second-order valence-electron chi connectivity index (χ2n) is 4.69. The van der Waals surface area contributed by atoms with E-state index in [1.165, 1.54) is 30.0 Å². The van der Waals surface area contributed by atoms with Gasteiger partial charge in [-0.1, -0.05) is 11.8 Å². The number of amidine groups is 2. The molecule has 1 aromatic carbocycles. The molecule has 0 spiro atoms. The highest BCUT2D eigenvalue weighted by Gasteiger charge is 2.20. The summed E-state index contributed by atoms with van der Waals surface area (Å²) in [4.78, 5) is 19.3. The lowest BCUT2D eigenvalue weighted by Gasteiger charge is -2.04. The Morgan fingerprint density at radius 3 is 3.04 bits per heavy atom. The Balaban J connectivity index is 1.79. The van der Waals surface area contributed by atoms with Gasteiger partial charge in [-0.2, -0.15) is 0 Å². The molecule has 1 aliphatic rings. The number of nitrogens with zero attached hydrogens (tertiary/aromatic N) is 4. The maximum Gasteiger partial charge on any atom is 0.247 e. The van der Waals surface area contributed by atoms with Gasteiger partial charge >= 0.3 is 0 Å². The van der Waals surface area contributed by atoms with Crippen molar-refractivity contribution in [3.8, 4) is 0 Å². The van der Waals surface area contributed by atoms with E-state index in [0.29, 0.717) is 22.3 Å². The van der Waals surface area contributed by atoms with E-state index in [0.717, 1.165) is 0 Å². The molecule has 3 N–H and O–H groups in total. The molecule has 0 atom stereocenters. The fraction of sp³-hybridized carbons (Fsp3) is 0.154. The van der Waals surface area contributed by atoms with Gasteiger partial charge in [-0.15, -0.1) is 0 Å². The van der Waals surface area contributed by atoms with Crippen molar-refractivity contribution in [2.24, 2.45) is 9.98 Å². The lowest BCUT2D eigenvalue weighted by molar-refractivity contribution is -0.117. The van der Waals surface area contributed by atoms with Crippen LogP contribution in [-0.4, -0.2) is 45.4 Å². The molecule has 0 aliphatic carbocycles. The largest absolute Gasteiger partial charge is 0.312 e. The van der Waals surface area contributed by atoms with Crippen molar-refractivity contribution in [1.82, 2.24) is 21.1 Å². The number of hydrogen-bond acceptors (Lipinski definition) is 8. The molecule has 0 fully saturated rings. The Morgan fingerprint density at radius 2 is 2.36 bits per heavy atom. The first kappa shape index (κ1) is 17.5. The van der Waals surface area contributed by atoms with Crippen molar-refractivity contribution in [2.45, 2.75) is 5.03 Å². The number of halogens is 2. The van der Waals surface area contributed by atoms with Crippen LogP contribution in [-0.2, 0) is 4.79 Å². The molecule has 0 saturated carbocycles. The Morgan fingerprint density at radius 1 is 1.52 bits per heavy atom. The van der Waals surface area contributed by atoms with Gasteiger partial charge in [0.05, 0.1) is 15.9 Å². The van der Waals surface area contributed by atoms with Crippen molar-refractivity contribution >= 4 is 51.0 Å². The highest BCUT2D eigenvalue weighted by Crippen LogP contribution is 2.24. The summed E-state index contributed by atoms with van der Waals surface area (Å²) in [7, 11) is 0.